The Morgan fingerprint density at radius 1 is 0.939 bits per heavy atom. The van der Waals surface area contributed by atoms with Gasteiger partial charge in [0.1, 0.15) is 11.5 Å². The summed E-state index contributed by atoms with van der Waals surface area (Å²) in [6.45, 7) is 7.77. The molecule has 180 valence electrons. The fourth-order valence-corrected chi connectivity index (χ4v) is 7.19. The van der Waals surface area contributed by atoms with Gasteiger partial charge in [0, 0.05) is 12.3 Å². The minimum atomic E-state index is -3.95. The Balaban J connectivity index is 2.34. The van der Waals surface area contributed by atoms with Gasteiger partial charge in [-0.1, -0.05) is 24.3 Å². The Labute approximate surface area is 195 Å². The van der Waals surface area contributed by atoms with E-state index in [1.54, 1.807) is 28.1 Å². The quantitative estimate of drug-likeness (QED) is 0.335. The van der Waals surface area contributed by atoms with Crippen molar-refractivity contribution in [2.24, 2.45) is 0 Å². The van der Waals surface area contributed by atoms with E-state index in [1.807, 2.05) is 50.2 Å². The van der Waals surface area contributed by atoms with Crippen molar-refractivity contribution in [3.8, 4) is 11.5 Å². The van der Waals surface area contributed by atoms with Gasteiger partial charge in [-0.05, 0) is 62.1 Å². The van der Waals surface area contributed by atoms with E-state index in [-0.39, 0.29) is 26.2 Å². The van der Waals surface area contributed by atoms with E-state index in [1.165, 1.54) is 0 Å². The van der Waals surface area contributed by atoms with Gasteiger partial charge in [-0.15, -0.1) is 0 Å². The molecule has 0 bridgehead atoms. The molecule has 2 aromatic rings. The third-order valence-electron chi connectivity index (χ3n) is 6.14. The van der Waals surface area contributed by atoms with Gasteiger partial charge in [0.15, 0.2) is 5.16 Å². The van der Waals surface area contributed by atoms with Crippen LogP contribution < -0.4 is 9.47 Å². The first-order chi connectivity index (χ1) is 15.8. The molecule has 0 saturated carbocycles. The molecule has 1 saturated heterocycles. The topological polar surface area (TPSA) is 80.3 Å². The van der Waals surface area contributed by atoms with Crippen LogP contribution in [-0.4, -0.2) is 45.2 Å². The molecule has 0 radical (unpaired) electrons. The summed E-state index contributed by atoms with van der Waals surface area (Å²) in [5.74, 6) is 0.249. The second kappa shape index (κ2) is 10.3. The second-order valence-corrected chi connectivity index (χ2v) is 10.3. The zero-order chi connectivity index (χ0) is 24.2. The van der Waals surface area contributed by atoms with Gasteiger partial charge in [0.05, 0.1) is 34.0 Å². The zero-order valence-electron chi connectivity index (χ0n) is 20.2. The maximum absolute atomic E-state index is 14.4. The summed E-state index contributed by atoms with van der Waals surface area (Å²) in [6, 6.07) is 11.4. The molecule has 0 aromatic heterocycles. The van der Waals surface area contributed by atoms with Gasteiger partial charge in [-0.25, -0.2) is 0 Å². The van der Waals surface area contributed by atoms with Crippen molar-refractivity contribution in [1.82, 2.24) is 0 Å². The summed E-state index contributed by atoms with van der Waals surface area (Å²) in [7, 11) is -0.723. The van der Waals surface area contributed by atoms with E-state index >= 15 is 0 Å². The number of carbonyl (C=O) groups excluding carboxylic acids is 1. The van der Waals surface area contributed by atoms with Gasteiger partial charge < -0.3 is 23.3 Å². The second-order valence-electron chi connectivity index (χ2n) is 8.03. The number of aryl methyl sites for hydroxylation is 2. The number of carbonyl (C=O) groups is 1. The van der Waals surface area contributed by atoms with Crippen LogP contribution in [0.15, 0.2) is 36.4 Å². The van der Waals surface area contributed by atoms with Crippen molar-refractivity contribution in [3.05, 3.63) is 58.7 Å². The SMILES string of the molecule is CCOP(=O)(OCC)[C@]1(C(c2ccc(OC)c(C)c2)c2ccc(OC)c(C)c2)CCOC1=O. The largest absolute Gasteiger partial charge is 0.496 e. The minimum absolute atomic E-state index is 0.141. The van der Waals surface area contributed by atoms with Crippen molar-refractivity contribution in [2.75, 3.05) is 34.0 Å². The molecular formula is C25H33O7P. The third-order valence-corrected chi connectivity index (χ3v) is 8.98. The highest BCUT2D eigenvalue weighted by Crippen LogP contribution is 2.69. The lowest BCUT2D eigenvalue weighted by atomic mass is 9.78. The van der Waals surface area contributed by atoms with Crippen LogP contribution in [0.25, 0.3) is 0 Å². The van der Waals surface area contributed by atoms with Crippen LogP contribution in [0.5, 0.6) is 11.5 Å². The molecule has 3 rings (SSSR count). The van der Waals surface area contributed by atoms with Gasteiger partial charge in [0.25, 0.3) is 0 Å². The van der Waals surface area contributed by atoms with Gasteiger partial charge in [-0.2, -0.15) is 0 Å². The molecule has 1 atom stereocenters. The van der Waals surface area contributed by atoms with E-state index in [4.69, 9.17) is 23.3 Å². The number of cyclic esters (lactones) is 1. The Morgan fingerprint density at radius 3 is 1.76 bits per heavy atom. The Kier molecular flexibility index (Phi) is 7.88. The molecule has 7 nitrogen and oxygen atoms in total. The van der Waals surface area contributed by atoms with E-state index < -0.39 is 24.6 Å². The predicted octanol–water partition coefficient (Wildman–Crippen LogP) is 5.40. The van der Waals surface area contributed by atoms with Crippen LogP contribution in [0.3, 0.4) is 0 Å². The van der Waals surface area contributed by atoms with Crippen molar-refractivity contribution < 1.29 is 32.6 Å². The molecule has 0 aliphatic carbocycles. The number of hydrogen-bond acceptors (Lipinski definition) is 7. The number of esters is 1. The average molecular weight is 477 g/mol. The Bertz CT molecular complexity index is 988. The molecule has 1 aliphatic heterocycles. The molecule has 0 N–H and O–H groups in total. The number of rotatable bonds is 10. The first kappa shape index (κ1) is 25.3. The summed E-state index contributed by atoms with van der Waals surface area (Å²) in [5, 5.41) is -1.53. The van der Waals surface area contributed by atoms with Crippen molar-refractivity contribution in [1.29, 1.82) is 0 Å². The lowest BCUT2D eigenvalue weighted by Gasteiger charge is -2.39. The van der Waals surface area contributed by atoms with Gasteiger partial charge in [0.2, 0.25) is 0 Å². The van der Waals surface area contributed by atoms with Crippen LogP contribution in [0.1, 0.15) is 48.4 Å². The summed E-state index contributed by atoms with van der Waals surface area (Å²) in [4.78, 5) is 13.5. The molecule has 33 heavy (non-hydrogen) atoms. The van der Waals surface area contributed by atoms with Gasteiger partial charge >= 0.3 is 13.6 Å². The molecule has 0 unspecified atom stereocenters. The number of ether oxygens (including phenoxy) is 3. The highest BCUT2D eigenvalue weighted by Gasteiger charge is 2.65. The third kappa shape index (κ3) is 4.42. The number of hydrogen-bond donors (Lipinski definition) is 0. The van der Waals surface area contributed by atoms with Crippen LogP contribution in [0.2, 0.25) is 0 Å². The number of benzene rings is 2. The fourth-order valence-electron chi connectivity index (χ4n) is 4.71. The van der Waals surface area contributed by atoms with Crippen molar-refractivity contribution in [3.63, 3.8) is 0 Å². The summed E-state index contributed by atoms with van der Waals surface area (Å²) in [6.07, 6.45) is 0.212. The highest BCUT2D eigenvalue weighted by atomic mass is 31.2. The van der Waals surface area contributed by atoms with Crippen LogP contribution in [0.4, 0.5) is 0 Å². The molecule has 1 fully saturated rings. The predicted molar refractivity (Wildman–Crippen MR) is 126 cm³/mol. The van der Waals surface area contributed by atoms with E-state index in [0.717, 1.165) is 33.8 Å². The Hall–Kier alpha value is -2.34. The average Bonchev–Trinajstić information content (AvgIpc) is 3.17. The summed E-state index contributed by atoms with van der Waals surface area (Å²) in [5.41, 5.74) is 3.40. The smallest absolute Gasteiger partial charge is 0.349 e. The summed E-state index contributed by atoms with van der Waals surface area (Å²) < 4.78 is 42.3. The van der Waals surface area contributed by atoms with E-state index in [0.29, 0.717) is 0 Å². The van der Waals surface area contributed by atoms with Crippen LogP contribution in [-0.2, 0) is 23.1 Å². The first-order valence-electron chi connectivity index (χ1n) is 11.1. The van der Waals surface area contributed by atoms with Crippen molar-refractivity contribution in [2.45, 2.75) is 45.2 Å². The lowest BCUT2D eigenvalue weighted by Crippen LogP contribution is -2.43. The molecule has 1 aliphatic rings. The first-order valence-corrected chi connectivity index (χ1v) is 12.7. The molecule has 8 heteroatoms. The normalized spacial score (nSPS) is 18.5. The number of methoxy groups -OCH3 is 2. The fraction of sp³-hybridized carbons (Fsp3) is 0.480. The van der Waals surface area contributed by atoms with Gasteiger partial charge in [-0.3, -0.25) is 9.36 Å². The molecular weight excluding hydrogens is 443 g/mol. The standard InChI is InChI=1S/C25H33O7P/c1-7-31-33(27,32-8-2)25(13-14-30-24(25)26)23(19-9-11-21(28-5)17(3)15-19)20-10-12-22(29-6)18(4)16-20/h9-12,15-16,23H,7-8,13-14H2,1-6H3/t25-/m0/s1. The van der Waals surface area contributed by atoms with Crippen molar-refractivity contribution >= 4 is 13.6 Å². The minimum Gasteiger partial charge on any atom is -0.496 e. The highest BCUT2D eigenvalue weighted by molar-refractivity contribution is 7.57. The zero-order valence-corrected chi connectivity index (χ0v) is 21.1. The summed E-state index contributed by atoms with van der Waals surface area (Å²) >= 11 is 0. The maximum Gasteiger partial charge on any atom is 0.349 e. The van der Waals surface area contributed by atoms with Crippen LogP contribution >= 0.6 is 7.60 Å². The molecule has 0 spiro atoms. The maximum atomic E-state index is 14.4. The van der Waals surface area contributed by atoms with E-state index in [9.17, 15) is 9.36 Å². The Morgan fingerprint density at radius 2 is 1.42 bits per heavy atom. The molecule has 0 amide bonds. The monoisotopic (exact) mass is 476 g/mol. The molecule has 2 aromatic carbocycles. The van der Waals surface area contributed by atoms with E-state index in [2.05, 4.69) is 0 Å². The lowest BCUT2D eigenvalue weighted by molar-refractivity contribution is -0.141. The van der Waals surface area contributed by atoms with Crippen LogP contribution in [0, 0.1) is 13.8 Å². The molecule has 1 heterocycles.